The summed E-state index contributed by atoms with van der Waals surface area (Å²) >= 11 is 0. The van der Waals surface area contributed by atoms with Crippen molar-refractivity contribution in [2.45, 2.75) is 52.5 Å². The highest BCUT2D eigenvalue weighted by molar-refractivity contribution is 6.01. The minimum atomic E-state index is -1.09. The van der Waals surface area contributed by atoms with E-state index < -0.39 is 5.97 Å². The van der Waals surface area contributed by atoms with E-state index in [2.05, 4.69) is 12.0 Å². The number of nitrogens with zero attached hydrogens (tertiary/aromatic N) is 3. The topological polar surface area (TPSA) is 75.4 Å². The van der Waals surface area contributed by atoms with E-state index in [-0.39, 0.29) is 29.2 Å². The lowest BCUT2D eigenvalue weighted by molar-refractivity contribution is -0.123. The Kier molecular flexibility index (Phi) is 7.49. The molecule has 6 heteroatoms. The van der Waals surface area contributed by atoms with Crippen molar-refractivity contribution < 1.29 is 14.7 Å². The second kappa shape index (κ2) is 10.7. The largest absolute Gasteiger partial charge is 0.477 e. The lowest BCUT2D eigenvalue weighted by Crippen LogP contribution is -2.43. The van der Waals surface area contributed by atoms with Gasteiger partial charge in [0.05, 0.1) is 5.69 Å². The number of hydrogen-bond acceptors (Lipinski definition) is 3. The molecule has 3 aromatic rings. The molecule has 0 bridgehead atoms. The molecule has 182 valence electrons. The Morgan fingerprint density at radius 1 is 0.971 bits per heavy atom. The van der Waals surface area contributed by atoms with Gasteiger partial charge >= 0.3 is 5.97 Å². The van der Waals surface area contributed by atoms with Crippen molar-refractivity contribution >= 4 is 29.8 Å². The smallest absolute Gasteiger partial charge is 0.341 e. The maximum atomic E-state index is 13.5. The van der Waals surface area contributed by atoms with Gasteiger partial charge in [-0.05, 0) is 68.7 Å². The molecule has 1 amide bonds. The van der Waals surface area contributed by atoms with Crippen LogP contribution in [-0.2, 0) is 4.79 Å². The van der Waals surface area contributed by atoms with Crippen molar-refractivity contribution in [1.82, 2.24) is 9.78 Å². The number of rotatable bonds is 7. The first-order valence-corrected chi connectivity index (χ1v) is 12.3. The molecule has 1 saturated carbocycles. The summed E-state index contributed by atoms with van der Waals surface area (Å²) in [4.78, 5) is 27.2. The third-order valence-corrected chi connectivity index (χ3v) is 6.70. The van der Waals surface area contributed by atoms with Gasteiger partial charge in [-0.25, -0.2) is 9.48 Å². The second-order valence-electron chi connectivity index (χ2n) is 9.71. The van der Waals surface area contributed by atoms with Gasteiger partial charge in [-0.3, -0.25) is 9.69 Å². The quantitative estimate of drug-likeness (QED) is 0.410. The van der Waals surface area contributed by atoms with Gasteiger partial charge in [-0.1, -0.05) is 61.5 Å². The summed E-state index contributed by atoms with van der Waals surface area (Å²) in [7, 11) is 0. The molecule has 0 saturated heterocycles. The van der Waals surface area contributed by atoms with Crippen LogP contribution in [0.25, 0.3) is 17.8 Å². The summed E-state index contributed by atoms with van der Waals surface area (Å²) in [6.07, 6.45) is 9.29. The molecule has 0 radical (unpaired) electrons. The zero-order valence-electron chi connectivity index (χ0n) is 20.6. The summed E-state index contributed by atoms with van der Waals surface area (Å²) in [5.74, 6) is -0.364. The molecule has 1 aliphatic carbocycles. The van der Waals surface area contributed by atoms with Crippen LogP contribution in [0.5, 0.6) is 0 Å². The molecule has 35 heavy (non-hydrogen) atoms. The van der Waals surface area contributed by atoms with E-state index in [1.165, 1.54) is 6.20 Å². The Morgan fingerprint density at radius 2 is 1.57 bits per heavy atom. The molecule has 2 aromatic carbocycles. The predicted octanol–water partition coefficient (Wildman–Crippen LogP) is 6.31. The average molecular weight is 472 g/mol. The number of aromatic nitrogens is 2. The van der Waals surface area contributed by atoms with Crippen molar-refractivity contribution in [1.29, 1.82) is 0 Å². The molecule has 0 aliphatic heterocycles. The van der Waals surface area contributed by atoms with Gasteiger partial charge in [0, 0.05) is 18.2 Å². The van der Waals surface area contributed by atoms with E-state index in [0.717, 1.165) is 42.5 Å². The van der Waals surface area contributed by atoms with Crippen molar-refractivity contribution in [3.8, 4) is 5.69 Å². The number of aromatic carboxylic acids is 1. The second-order valence-corrected chi connectivity index (χ2v) is 9.71. The normalized spacial score (nSPS) is 18.2. The molecular formula is C29H33N3O3. The lowest BCUT2D eigenvalue weighted by atomic mass is 9.82. The van der Waals surface area contributed by atoms with Crippen LogP contribution in [0, 0.1) is 11.8 Å². The molecule has 0 atom stereocenters. The number of carbonyl (C=O) groups is 2. The number of hydrogen-bond donors (Lipinski definition) is 1. The summed E-state index contributed by atoms with van der Waals surface area (Å²) in [6, 6.07) is 17.6. The van der Waals surface area contributed by atoms with Gasteiger partial charge in [0.25, 0.3) is 0 Å². The van der Waals surface area contributed by atoms with Crippen molar-refractivity contribution in [2.24, 2.45) is 11.8 Å². The Labute approximate surface area is 206 Å². The first kappa shape index (κ1) is 24.5. The van der Waals surface area contributed by atoms with Gasteiger partial charge in [0.1, 0.15) is 5.56 Å². The van der Waals surface area contributed by atoms with Crippen LogP contribution in [0.2, 0.25) is 0 Å². The van der Waals surface area contributed by atoms with Gasteiger partial charge in [-0.15, -0.1) is 5.10 Å². The SMILES string of the molecule is CC1CCC(C(=O)N(c2nn(-c3ccc(/C=C\c4ccccc4)cc3)cc2C(=O)O)C(C)C)CC1. The van der Waals surface area contributed by atoms with Gasteiger partial charge in [0.2, 0.25) is 5.91 Å². The number of amides is 1. The van der Waals surface area contributed by atoms with E-state index in [1.807, 2.05) is 80.6 Å². The maximum absolute atomic E-state index is 13.5. The highest BCUT2D eigenvalue weighted by atomic mass is 16.4. The van der Waals surface area contributed by atoms with E-state index in [1.54, 1.807) is 9.58 Å². The van der Waals surface area contributed by atoms with E-state index in [9.17, 15) is 14.7 Å². The summed E-state index contributed by atoms with van der Waals surface area (Å²) in [5, 5.41) is 14.5. The number of carboxylic acid groups (broad SMARTS) is 1. The molecule has 0 unspecified atom stereocenters. The number of carbonyl (C=O) groups excluding carboxylic acids is 1. The molecular weight excluding hydrogens is 438 g/mol. The molecule has 0 spiro atoms. The van der Waals surface area contributed by atoms with E-state index in [0.29, 0.717) is 5.92 Å². The fraction of sp³-hybridized carbons (Fsp3) is 0.345. The Hall–Kier alpha value is -3.67. The van der Waals surface area contributed by atoms with Crippen LogP contribution >= 0.6 is 0 Å². The zero-order chi connectivity index (χ0) is 24.9. The molecule has 1 N–H and O–H groups in total. The third-order valence-electron chi connectivity index (χ3n) is 6.70. The summed E-state index contributed by atoms with van der Waals surface area (Å²) in [6.45, 7) is 6.03. The van der Waals surface area contributed by atoms with Crippen LogP contribution in [0.3, 0.4) is 0 Å². The summed E-state index contributed by atoms with van der Waals surface area (Å²) < 4.78 is 1.55. The molecule has 1 heterocycles. The predicted molar refractivity (Wildman–Crippen MR) is 140 cm³/mol. The summed E-state index contributed by atoms with van der Waals surface area (Å²) in [5.41, 5.74) is 2.90. The van der Waals surface area contributed by atoms with Gasteiger partial charge in [-0.2, -0.15) is 0 Å². The molecule has 4 rings (SSSR count). The number of carboxylic acids is 1. The van der Waals surface area contributed by atoms with Crippen LogP contribution in [0.1, 0.15) is 67.9 Å². The minimum Gasteiger partial charge on any atom is -0.477 e. The zero-order valence-corrected chi connectivity index (χ0v) is 20.6. The van der Waals surface area contributed by atoms with Gasteiger partial charge < -0.3 is 5.11 Å². The monoisotopic (exact) mass is 471 g/mol. The fourth-order valence-electron chi connectivity index (χ4n) is 4.63. The number of anilines is 1. The van der Waals surface area contributed by atoms with Crippen LogP contribution < -0.4 is 4.90 Å². The van der Waals surface area contributed by atoms with Crippen molar-refractivity contribution in [2.75, 3.05) is 4.90 Å². The fourth-order valence-corrected chi connectivity index (χ4v) is 4.63. The van der Waals surface area contributed by atoms with Crippen LogP contribution in [0.15, 0.2) is 60.8 Å². The molecule has 1 aromatic heterocycles. The molecule has 6 nitrogen and oxygen atoms in total. The maximum Gasteiger partial charge on any atom is 0.341 e. The lowest BCUT2D eigenvalue weighted by Gasteiger charge is -2.32. The Morgan fingerprint density at radius 3 is 2.14 bits per heavy atom. The standard InChI is InChI=1S/C29H33N3O3/c1-20(2)32(28(33)24-15-9-21(3)10-16-24)27-26(29(34)35)19-31(30-27)25-17-13-23(14-18-25)12-11-22-7-5-4-6-8-22/h4-8,11-14,17-21,24H,9-10,15-16H2,1-3H3,(H,34,35)/b12-11-. The van der Waals surface area contributed by atoms with Crippen molar-refractivity contribution in [3.63, 3.8) is 0 Å². The molecule has 1 fully saturated rings. The Bertz CT molecular complexity index is 1190. The van der Waals surface area contributed by atoms with Gasteiger partial charge in [0.15, 0.2) is 5.82 Å². The highest BCUT2D eigenvalue weighted by Gasteiger charge is 2.34. The van der Waals surface area contributed by atoms with Crippen LogP contribution in [0.4, 0.5) is 5.82 Å². The average Bonchev–Trinajstić information content (AvgIpc) is 3.29. The Balaban J connectivity index is 1.60. The molecule has 1 aliphatic rings. The first-order valence-electron chi connectivity index (χ1n) is 12.3. The minimum absolute atomic E-state index is 0.0268. The number of benzene rings is 2. The van der Waals surface area contributed by atoms with Crippen LogP contribution in [-0.4, -0.2) is 32.8 Å². The third kappa shape index (κ3) is 5.70. The van der Waals surface area contributed by atoms with E-state index in [4.69, 9.17) is 0 Å². The van der Waals surface area contributed by atoms with E-state index >= 15 is 0 Å². The highest BCUT2D eigenvalue weighted by Crippen LogP contribution is 2.32. The van der Waals surface area contributed by atoms with Crippen molar-refractivity contribution in [3.05, 3.63) is 77.5 Å². The first-order chi connectivity index (χ1) is 16.8.